The molecule has 0 rings (SSSR count). The number of rotatable bonds is 1. The summed E-state index contributed by atoms with van der Waals surface area (Å²) in [5.41, 5.74) is 0. The second-order valence-corrected chi connectivity index (χ2v) is 1.69. The van der Waals surface area contributed by atoms with Gasteiger partial charge in [0.25, 0.3) is 0 Å². The van der Waals surface area contributed by atoms with Crippen LogP contribution in [0.25, 0.3) is 0 Å². The van der Waals surface area contributed by atoms with E-state index in [9.17, 15) is 0 Å². The van der Waals surface area contributed by atoms with E-state index in [4.69, 9.17) is 0 Å². The Morgan fingerprint density at radius 3 is 1.18 bits per heavy atom. The number of hydrogen-bond donors (Lipinski definition) is 0. The van der Waals surface area contributed by atoms with E-state index in [0.717, 1.165) is 0 Å². The van der Waals surface area contributed by atoms with Gasteiger partial charge in [-0.3, -0.25) is 0 Å². The smallest absolute Gasteiger partial charge is 0 e. The summed E-state index contributed by atoms with van der Waals surface area (Å²) in [4.78, 5) is 0. The molecule has 58 valence electrons. The van der Waals surface area contributed by atoms with Gasteiger partial charge in [0.2, 0.25) is 0 Å². The fourth-order valence-corrected chi connectivity index (χ4v) is 0. The van der Waals surface area contributed by atoms with Crippen molar-refractivity contribution in [2.24, 2.45) is 5.92 Å². The first-order valence-electron chi connectivity index (χ1n) is 1.93. The summed E-state index contributed by atoms with van der Waals surface area (Å²) in [6, 6.07) is 0. The first-order chi connectivity index (χ1) is 3.27. The van der Waals surface area contributed by atoms with Crippen LogP contribution < -0.4 is 0 Å². The first kappa shape index (κ1) is 36.8. The van der Waals surface area contributed by atoms with Crippen molar-refractivity contribution in [2.75, 3.05) is 0 Å². The summed E-state index contributed by atoms with van der Waals surface area (Å²) >= 11 is 4.13. The maximum absolute atomic E-state index is 4.44. The Morgan fingerprint density at radius 1 is 1.09 bits per heavy atom. The van der Waals surface area contributed by atoms with Gasteiger partial charge in [0.05, 0.1) is 0 Å². The van der Waals surface area contributed by atoms with Crippen molar-refractivity contribution < 1.29 is 108 Å². The normalized spacial score (nSPS) is 4.09. The maximum atomic E-state index is 4.44. The van der Waals surface area contributed by atoms with Crippen LogP contribution >= 0.6 is 0 Å². The molecule has 0 nitrogen and oxygen atoms in total. The summed E-state index contributed by atoms with van der Waals surface area (Å²) in [6.07, 6.45) is 0. The van der Waals surface area contributed by atoms with E-state index < -0.39 is 0 Å². The Hall–Kier alpha value is 3.25. The van der Waals surface area contributed by atoms with Crippen molar-refractivity contribution in [3.8, 4) is 0 Å². The molecule has 0 bridgehead atoms. The van der Waals surface area contributed by atoms with Gasteiger partial charge in [0.1, 0.15) is 0 Å². The zero-order valence-corrected chi connectivity index (χ0v) is 14.7. The van der Waals surface area contributed by atoms with Crippen LogP contribution in [0, 0.1) is 5.92 Å². The Balaban J connectivity index is -0.00000000972. The fourth-order valence-electron chi connectivity index (χ4n) is 0. The molecule has 0 unspecified atom stereocenters. The predicted octanol–water partition coefficient (Wildman–Crippen LogP) is 0.701. The van der Waals surface area contributed by atoms with Crippen LogP contribution in [0.4, 0.5) is 0 Å². The molecule has 6 heteroatoms. The summed E-state index contributed by atoms with van der Waals surface area (Å²) in [5.74, 6) is 0.606. The van der Waals surface area contributed by atoms with Crippen LogP contribution in [0.2, 0.25) is 0 Å². The number of hydrogen-bond acceptors (Lipinski definition) is 0. The molecule has 0 amide bonds. The first-order valence-corrected chi connectivity index (χ1v) is 3.43. The predicted molar refractivity (Wildman–Crippen MR) is 25.9 cm³/mol. The van der Waals surface area contributed by atoms with Crippen LogP contribution in [-0.2, 0) is 108 Å². The average Bonchev–Trinajstić information content (AvgIpc) is 1.73. The molecule has 0 aromatic heterocycles. The van der Waals surface area contributed by atoms with Gasteiger partial charge in [-0.1, -0.05) is 0 Å². The Morgan fingerprint density at radius 2 is 1.18 bits per heavy atom. The van der Waals surface area contributed by atoms with Crippen LogP contribution in [0.15, 0.2) is 0 Å². The van der Waals surface area contributed by atoms with Crippen molar-refractivity contribution in [2.45, 2.75) is 13.8 Å². The molecule has 0 aromatic rings. The molecule has 0 aliphatic rings. The quantitative estimate of drug-likeness (QED) is 0.594. The van der Waals surface area contributed by atoms with Crippen molar-refractivity contribution in [1.29, 1.82) is 0 Å². The molecule has 0 fully saturated rings. The van der Waals surface area contributed by atoms with E-state index in [1.165, 1.54) is 0 Å². The van der Waals surface area contributed by atoms with Gasteiger partial charge in [-0.05, 0) is 0 Å². The molecule has 0 saturated carbocycles. The SMILES string of the molecule is CC(C)[C-]=[V].[CH-]=[V].[V+2].[V].[V].[V]. The van der Waals surface area contributed by atoms with Gasteiger partial charge in [0, 0.05) is 55.7 Å². The Kier molecular flexibility index (Phi) is 126. The van der Waals surface area contributed by atoms with E-state index in [0.29, 0.717) is 5.92 Å². The molecule has 0 aromatic carbocycles. The summed E-state index contributed by atoms with van der Waals surface area (Å²) in [5, 5.41) is 4.44. The third-order valence-electron chi connectivity index (χ3n) is 0.258. The Bertz CT molecular complexity index is 46.2. The van der Waals surface area contributed by atoms with Gasteiger partial charge >= 0.3 is 82.2 Å². The molecular weight excluding hydrogens is 366 g/mol. The van der Waals surface area contributed by atoms with Gasteiger partial charge in [-0.2, -0.15) is 0 Å². The average molecular weight is 374 g/mol. The third kappa shape index (κ3) is 60.9. The van der Waals surface area contributed by atoms with Crippen LogP contribution in [-0.4, -0.2) is 9.96 Å². The van der Waals surface area contributed by atoms with E-state index in [1.807, 2.05) is 17.0 Å². The van der Waals surface area contributed by atoms with Crippen molar-refractivity contribution >= 4 is 9.96 Å². The summed E-state index contributed by atoms with van der Waals surface area (Å²) in [6.45, 7) is 4.19. The largest absolute Gasteiger partial charge is 2.00 e. The second kappa shape index (κ2) is 37.8. The molecule has 0 spiro atoms. The van der Waals surface area contributed by atoms with E-state index in [2.05, 4.69) is 40.8 Å². The molecule has 0 atom stereocenters. The van der Waals surface area contributed by atoms with Gasteiger partial charge < -0.3 is 0 Å². The standard InChI is InChI=1S/C4H7.CH.6V/c1-4(2)3;;;;;;;/h4H,1-2H3;1H;;;;;;/q2*-1;;;;;;+2. The van der Waals surface area contributed by atoms with E-state index in [-0.39, 0.29) is 74.2 Å². The minimum Gasteiger partial charge on any atom is 0 e. The van der Waals surface area contributed by atoms with Crippen LogP contribution in [0.1, 0.15) is 13.8 Å². The molecular formula is C5H8V6. The fraction of sp³-hybridized carbons (Fsp3) is 0.600. The topological polar surface area (TPSA) is 0 Å². The van der Waals surface area contributed by atoms with E-state index >= 15 is 0 Å². The van der Waals surface area contributed by atoms with Crippen LogP contribution in [0.5, 0.6) is 0 Å². The van der Waals surface area contributed by atoms with Gasteiger partial charge in [-0.15, -0.1) is 0 Å². The van der Waals surface area contributed by atoms with Crippen LogP contribution in [0.3, 0.4) is 0 Å². The molecule has 0 aliphatic heterocycles. The maximum Gasteiger partial charge on any atom is 2.00 e. The second-order valence-electron chi connectivity index (χ2n) is 1.28. The molecule has 4 radical (unpaired) electrons. The van der Waals surface area contributed by atoms with Crippen molar-refractivity contribution in [3.05, 3.63) is 0 Å². The zero-order valence-electron chi connectivity index (χ0n) is 6.34. The third-order valence-corrected chi connectivity index (χ3v) is 1.06. The molecule has 0 saturated heterocycles. The summed E-state index contributed by atoms with van der Waals surface area (Å²) < 4.78 is 2.97. The van der Waals surface area contributed by atoms with Crippen molar-refractivity contribution in [3.63, 3.8) is 0 Å². The summed E-state index contributed by atoms with van der Waals surface area (Å²) in [7, 11) is 0. The minimum absolute atomic E-state index is 0. The molecule has 11 heavy (non-hydrogen) atoms. The molecule has 0 N–H and O–H groups in total. The molecule has 0 heterocycles. The van der Waals surface area contributed by atoms with E-state index in [1.54, 1.807) is 0 Å². The zero-order chi connectivity index (χ0) is 6.28. The van der Waals surface area contributed by atoms with Gasteiger partial charge in [0.15, 0.2) is 0 Å². The monoisotopic (exact) mass is 374 g/mol. The minimum atomic E-state index is 0. The Labute approximate surface area is 136 Å². The van der Waals surface area contributed by atoms with Crippen molar-refractivity contribution in [1.82, 2.24) is 0 Å². The van der Waals surface area contributed by atoms with Gasteiger partial charge in [-0.25, -0.2) is 0 Å². The molecule has 0 aliphatic carbocycles.